The summed E-state index contributed by atoms with van der Waals surface area (Å²) in [4.78, 5) is 0. The third-order valence-corrected chi connectivity index (χ3v) is 18.0. The number of fused-ring (bicyclic) bond motifs is 6. The van der Waals surface area contributed by atoms with Crippen LogP contribution in [0, 0.1) is 0 Å². The first-order chi connectivity index (χ1) is 25.1. The van der Waals surface area contributed by atoms with Crippen LogP contribution in [-0.2, 0) is 32.8 Å². The highest BCUT2D eigenvalue weighted by Crippen LogP contribution is 2.56. The van der Waals surface area contributed by atoms with Gasteiger partial charge in [-0.3, -0.25) is 0 Å². The van der Waals surface area contributed by atoms with Crippen molar-refractivity contribution in [1.29, 1.82) is 0 Å². The third-order valence-electron chi connectivity index (χ3n) is 12.9. The molecule has 2 saturated carbocycles. The zero-order valence-electron chi connectivity index (χ0n) is 30.8. The van der Waals surface area contributed by atoms with Crippen molar-refractivity contribution in [3.05, 3.63) is 60.7 Å². The van der Waals surface area contributed by atoms with Crippen LogP contribution in [0.1, 0.15) is 85.0 Å². The number of hydrogen-bond acceptors (Lipinski definition) is 8. The van der Waals surface area contributed by atoms with E-state index < -0.39 is 8.32 Å². The highest BCUT2D eigenvalue weighted by Gasteiger charge is 2.67. The Labute approximate surface area is 320 Å². The quantitative estimate of drug-likeness (QED) is 0.192. The van der Waals surface area contributed by atoms with E-state index in [9.17, 15) is 0 Å². The van der Waals surface area contributed by atoms with Gasteiger partial charge in [-0.15, -0.1) is 23.2 Å². The molecular weight excluding hydrogens is 719 g/mol. The number of aliphatic hydroxyl groups is 1. The van der Waals surface area contributed by atoms with Gasteiger partial charge in [0.25, 0.3) is 8.32 Å². The fourth-order valence-corrected chi connectivity index (χ4v) is 15.2. The molecule has 2 aromatic carbocycles. The molecule has 2 aliphatic carbocycles. The number of ether oxygens (including phenoxy) is 6. The van der Waals surface area contributed by atoms with Crippen molar-refractivity contribution >= 4 is 41.9 Å². The van der Waals surface area contributed by atoms with Crippen LogP contribution < -0.4 is 10.4 Å². The average molecular weight is 776 g/mol. The van der Waals surface area contributed by atoms with Gasteiger partial charge in [0, 0.05) is 38.9 Å². The Kier molecular flexibility index (Phi) is 11.0. The average Bonchev–Trinajstić information content (AvgIpc) is 4.03. The lowest BCUT2D eigenvalue weighted by Crippen LogP contribution is -2.66. The first-order valence-corrected chi connectivity index (χ1v) is 22.6. The largest absolute Gasteiger partial charge is 0.407 e. The van der Waals surface area contributed by atoms with E-state index >= 15 is 0 Å². The van der Waals surface area contributed by atoms with Gasteiger partial charge in [-0.1, -0.05) is 81.4 Å². The van der Waals surface area contributed by atoms with E-state index in [1.165, 1.54) is 10.4 Å². The van der Waals surface area contributed by atoms with Gasteiger partial charge >= 0.3 is 0 Å². The van der Waals surface area contributed by atoms with Crippen molar-refractivity contribution in [1.82, 2.24) is 0 Å². The van der Waals surface area contributed by atoms with Crippen LogP contribution >= 0.6 is 23.2 Å². The smallest absolute Gasteiger partial charge is 0.261 e. The van der Waals surface area contributed by atoms with E-state index in [0.717, 1.165) is 64.2 Å². The molecule has 6 saturated heterocycles. The molecule has 52 heavy (non-hydrogen) atoms. The lowest BCUT2D eigenvalue weighted by atomic mass is 9.78. The molecule has 8 aliphatic rings. The van der Waals surface area contributed by atoms with E-state index in [-0.39, 0.29) is 64.8 Å². The second kappa shape index (κ2) is 15.1. The van der Waals surface area contributed by atoms with Gasteiger partial charge in [-0.25, -0.2) is 0 Å². The Morgan fingerprint density at radius 2 is 1.10 bits per heavy atom. The molecule has 0 radical (unpaired) electrons. The summed E-state index contributed by atoms with van der Waals surface area (Å²) in [6, 6.07) is 21.8. The highest BCUT2D eigenvalue weighted by atomic mass is 35.5. The zero-order valence-corrected chi connectivity index (χ0v) is 33.3. The van der Waals surface area contributed by atoms with Crippen molar-refractivity contribution < 1.29 is 38.0 Å². The first-order valence-electron chi connectivity index (χ1n) is 19.6. The summed E-state index contributed by atoms with van der Waals surface area (Å²) in [6.45, 7) is 7.95. The third kappa shape index (κ3) is 7.08. The minimum atomic E-state index is -2.49. The van der Waals surface area contributed by atoms with Gasteiger partial charge in [-0.2, -0.15) is 0 Å². The highest BCUT2D eigenvalue weighted by molar-refractivity contribution is 6.99. The van der Waals surface area contributed by atoms with Crippen LogP contribution in [0.15, 0.2) is 60.7 Å². The Morgan fingerprint density at radius 1 is 0.673 bits per heavy atom. The maximum absolute atomic E-state index is 9.01. The Bertz CT molecular complexity index is 1450. The van der Waals surface area contributed by atoms with E-state index in [4.69, 9.17) is 61.2 Å². The second-order valence-corrected chi connectivity index (χ2v) is 22.2. The van der Waals surface area contributed by atoms with Crippen LogP contribution in [-0.4, -0.2) is 104 Å². The zero-order chi connectivity index (χ0) is 36.1. The summed E-state index contributed by atoms with van der Waals surface area (Å²) < 4.78 is 44.0. The van der Waals surface area contributed by atoms with Crippen LogP contribution in [0.25, 0.3) is 0 Å². The Hall–Kier alpha value is -1.08. The molecule has 0 unspecified atom stereocenters. The number of epoxide rings is 2. The first kappa shape index (κ1) is 37.8. The van der Waals surface area contributed by atoms with Gasteiger partial charge in [0.1, 0.15) is 12.2 Å². The van der Waals surface area contributed by atoms with Crippen molar-refractivity contribution in [2.75, 3.05) is 18.6 Å². The van der Waals surface area contributed by atoms with Gasteiger partial charge in [0.2, 0.25) is 0 Å². The number of hydrogen-bond donors (Lipinski definition) is 1. The maximum atomic E-state index is 9.01. The monoisotopic (exact) mass is 774 g/mol. The Morgan fingerprint density at radius 3 is 1.52 bits per heavy atom. The van der Waals surface area contributed by atoms with Crippen LogP contribution in [0.3, 0.4) is 0 Å². The molecule has 12 atom stereocenters. The summed E-state index contributed by atoms with van der Waals surface area (Å²) in [5, 5.41) is 11.9. The molecule has 10 rings (SSSR count). The van der Waals surface area contributed by atoms with E-state index in [0.29, 0.717) is 31.0 Å². The number of halogens is 2. The number of benzene rings is 2. The molecule has 6 heterocycles. The van der Waals surface area contributed by atoms with E-state index in [1.807, 2.05) is 0 Å². The summed E-state index contributed by atoms with van der Waals surface area (Å²) in [7, 11) is -2.49. The molecule has 1 N–H and O–H groups in total. The molecule has 11 heteroatoms. The summed E-state index contributed by atoms with van der Waals surface area (Å²) in [6.07, 6.45) is 12.9. The van der Waals surface area contributed by atoms with Crippen molar-refractivity contribution in [3.8, 4) is 0 Å². The van der Waals surface area contributed by atoms with Gasteiger partial charge in [0.15, 0.2) is 0 Å². The molecule has 0 amide bonds. The predicted octanol–water partition coefficient (Wildman–Crippen LogP) is 6.24. The molecule has 0 aromatic heterocycles. The minimum Gasteiger partial charge on any atom is -0.407 e. The molecule has 4 bridgehead atoms. The van der Waals surface area contributed by atoms with Crippen molar-refractivity contribution in [2.45, 2.75) is 162 Å². The predicted molar refractivity (Wildman–Crippen MR) is 203 cm³/mol. The lowest BCUT2D eigenvalue weighted by molar-refractivity contribution is -0.172. The SMILES string of the molecule is CC(C)(C)[Si](OCC[C@H]1CC[C@@H]2O[C@@H]3C[C@]2(C[C@H]2O[C@H]23)O1)(c1ccccc1)c1ccccc1.ClCCl.OCC[C@H]1CC[C@@H]2O[C@@H]3C[C@]2(C[C@H]2O[C@H]23)O1. The number of aliphatic hydroxyl groups excluding tert-OH is 1. The molecular formula is C41H56Cl2O8Si. The maximum Gasteiger partial charge on any atom is 0.261 e. The molecule has 286 valence electrons. The summed E-state index contributed by atoms with van der Waals surface area (Å²) in [5.41, 5.74) is -0.205. The van der Waals surface area contributed by atoms with Crippen molar-refractivity contribution in [2.24, 2.45) is 0 Å². The van der Waals surface area contributed by atoms with Gasteiger partial charge in [0.05, 0.1) is 65.4 Å². The van der Waals surface area contributed by atoms with Gasteiger partial charge < -0.3 is 38.0 Å². The Balaban J connectivity index is 0.000000168. The van der Waals surface area contributed by atoms with Crippen molar-refractivity contribution in [3.63, 3.8) is 0 Å². The number of rotatable bonds is 8. The summed E-state index contributed by atoms with van der Waals surface area (Å²) in [5.74, 6) is 0. The molecule has 2 aromatic rings. The number of alkyl halides is 2. The summed E-state index contributed by atoms with van der Waals surface area (Å²) >= 11 is 9.53. The normalized spacial score (nSPS) is 40.4. The molecule has 8 nitrogen and oxygen atoms in total. The fraction of sp³-hybridized carbons (Fsp3) is 0.707. The van der Waals surface area contributed by atoms with E-state index in [1.54, 1.807) is 0 Å². The van der Waals surface area contributed by atoms with Crippen LogP contribution in [0.5, 0.6) is 0 Å². The standard InChI is InChI=1S/C28H36O4Si.C12H18O4.CH2Cl2/c1-27(2,3)33(21-10-6-4-7-11-21,22-12-8-5-9-13-22)29-17-16-20-14-15-25-28(32-20)18-23(30-25)26-24(19-28)31-26;13-4-3-7-1-2-10-12(16-7)5-8(14-10)11-9(6-12)15-11;2-1-3/h4-13,20,23-26H,14-19H2,1-3H3;7-11,13H,1-6H2;1H2/t20-,23-,24-,25+,26+,28-;7-,8-,9-,10+,11+,12-;/m11./s1. The van der Waals surface area contributed by atoms with Gasteiger partial charge in [-0.05, 0) is 53.9 Å². The topological polar surface area (TPSA) is 91.4 Å². The van der Waals surface area contributed by atoms with E-state index in [2.05, 4.69) is 81.4 Å². The fourth-order valence-electron chi connectivity index (χ4n) is 10.6. The van der Waals surface area contributed by atoms with Crippen LogP contribution in [0.4, 0.5) is 0 Å². The molecule has 6 aliphatic heterocycles. The second-order valence-electron chi connectivity index (χ2n) is 17.1. The lowest BCUT2D eigenvalue weighted by Gasteiger charge is -2.44. The molecule has 8 fully saturated rings. The van der Waals surface area contributed by atoms with Crippen LogP contribution in [0.2, 0.25) is 5.04 Å². The molecule has 2 spiro atoms. The minimum absolute atomic E-state index is 0.00111.